The van der Waals surface area contributed by atoms with Gasteiger partial charge < -0.3 is 14.8 Å². The van der Waals surface area contributed by atoms with E-state index in [0.717, 1.165) is 12.2 Å². The van der Waals surface area contributed by atoms with Gasteiger partial charge in [0.2, 0.25) is 0 Å². The fraction of sp³-hybridized carbons (Fsp3) is 0.333. The van der Waals surface area contributed by atoms with E-state index in [0.29, 0.717) is 0 Å². The van der Waals surface area contributed by atoms with Crippen LogP contribution in [0, 0.1) is 0 Å². The molecule has 0 aliphatic carbocycles. The van der Waals surface area contributed by atoms with E-state index in [1.165, 1.54) is 5.56 Å². The molecule has 3 nitrogen and oxygen atoms in total. The van der Waals surface area contributed by atoms with Gasteiger partial charge >= 0.3 is 0 Å². The van der Waals surface area contributed by atoms with Gasteiger partial charge in [-0.05, 0) is 31.0 Å². The predicted molar refractivity (Wildman–Crippen MR) is 71.3 cm³/mol. The van der Waals surface area contributed by atoms with Crippen molar-refractivity contribution >= 4 is 0 Å². The van der Waals surface area contributed by atoms with Crippen molar-refractivity contribution in [2.45, 2.75) is 25.4 Å². The number of furan rings is 1. The van der Waals surface area contributed by atoms with E-state index in [2.05, 4.69) is 17.4 Å². The Morgan fingerprint density at radius 1 is 1.17 bits per heavy atom. The van der Waals surface area contributed by atoms with Crippen LogP contribution >= 0.6 is 0 Å². The highest BCUT2D eigenvalue weighted by Crippen LogP contribution is 2.14. The lowest BCUT2D eigenvalue weighted by Crippen LogP contribution is -2.36. The first-order valence-electron chi connectivity index (χ1n) is 6.24. The van der Waals surface area contributed by atoms with Gasteiger partial charge in [0, 0.05) is 6.04 Å². The fourth-order valence-corrected chi connectivity index (χ4v) is 2.05. The second-order valence-corrected chi connectivity index (χ2v) is 4.47. The number of aliphatic hydroxyl groups excluding tert-OH is 1. The summed E-state index contributed by atoms with van der Waals surface area (Å²) < 4.78 is 5.35. The van der Waals surface area contributed by atoms with Crippen molar-refractivity contribution in [2.24, 2.45) is 0 Å². The molecule has 2 N–H and O–H groups in total. The van der Waals surface area contributed by atoms with Crippen LogP contribution in [-0.2, 0) is 6.42 Å². The molecule has 2 aromatic rings. The van der Waals surface area contributed by atoms with Gasteiger partial charge in [-0.2, -0.15) is 0 Å². The molecule has 2 rings (SSSR count). The molecule has 1 heterocycles. The minimum Gasteiger partial charge on any atom is -0.468 e. The molecule has 0 saturated heterocycles. The van der Waals surface area contributed by atoms with Gasteiger partial charge in [-0.15, -0.1) is 0 Å². The molecule has 1 aromatic heterocycles. The number of nitrogens with one attached hydrogen (secondary N) is 1. The summed E-state index contributed by atoms with van der Waals surface area (Å²) in [4.78, 5) is 0. The number of hydrogen-bond acceptors (Lipinski definition) is 3. The fourth-order valence-electron chi connectivity index (χ4n) is 2.05. The van der Waals surface area contributed by atoms with E-state index in [4.69, 9.17) is 4.42 Å². The van der Waals surface area contributed by atoms with Gasteiger partial charge in [-0.1, -0.05) is 30.3 Å². The summed E-state index contributed by atoms with van der Waals surface area (Å²) in [5, 5.41) is 12.8. The van der Waals surface area contributed by atoms with Crippen LogP contribution in [-0.4, -0.2) is 17.8 Å². The first kappa shape index (κ1) is 12.9. The molecule has 0 radical (unpaired) electrons. The molecule has 0 amide bonds. The van der Waals surface area contributed by atoms with Gasteiger partial charge in [0.25, 0.3) is 0 Å². The molecule has 2 atom stereocenters. The molecule has 0 aliphatic rings. The summed E-state index contributed by atoms with van der Waals surface area (Å²) in [5.41, 5.74) is 1.22. The molecule has 96 valence electrons. The van der Waals surface area contributed by atoms with Crippen molar-refractivity contribution in [3.05, 3.63) is 60.1 Å². The number of benzene rings is 1. The molecule has 3 heteroatoms. The zero-order valence-corrected chi connectivity index (χ0v) is 10.5. The van der Waals surface area contributed by atoms with Crippen molar-refractivity contribution in [3.63, 3.8) is 0 Å². The van der Waals surface area contributed by atoms with E-state index in [1.54, 1.807) is 6.26 Å². The van der Waals surface area contributed by atoms with Gasteiger partial charge in [-0.3, -0.25) is 0 Å². The van der Waals surface area contributed by atoms with E-state index < -0.39 is 0 Å². The molecule has 0 saturated carbocycles. The minimum absolute atomic E-state index is 0.0347. The average Bonchev–Trinajstić information content (AvgIpc) is 2.93. The lowest BCUT2D eigenvalue weighted by molar-refractivity contribution is 0.227. The molecule has 0 spiro atoms. The highest BCUT2D eigenvalue weighted by molar-refractivity contribution is 5.16. The first-order chi connectivity index (χ1) is 8.79. The molecule has 1 unspecified atom stereocenters. The quantitative estimate of drug-likeness (QED) is 0.822. The Balaban J connectivity index is 1.93. The van der Waals surface area contributed by atoms with Crippen LogP contribution < -0.4 is 5.32 Å². The van der Waals surface area contributed by atoms with Gasteiger partial charge in [0.1, 0.15) is 5.76 Å². The van der Waals surface area contributed by atoms with Crippen molar-refractivity contribution in [3.8, 4) is 0 Å². The summed E-state index contributed by atoms with van der Waals surface area (Å²) in [5.74, 6) is 0.890. The van der Waals surface area contributed by atoms with Crippen LogP contribution in [0.5, 0.6) is 0 Å². The smallest absolute Gasteiger partial charge is 0.120 e. The number of rotatable bonds is 6. The molecule has 1 aromatic carbocycles. The Bertz CT molecular complexity index is 439. The van der Waals surface area contributed by atoms with Crippen molar-refractivity contribution < 1.29 is 9.52 Å². The third-order valence-corrected chi connectivity index (χ3v) is 3.00. The predicted octanol–water partition coefficient (Wildman–Crippen LogP) is 2.53. The van der Waals surface area contributed by atoms with Gasteiger partial charge in [0.15, 0.2) is 0 Å². The maximum Gasteiger partial charge on any atom is 0.120 e. The zero-order chi connectivity index (χ0) is 12.8. The van der Waals surface area contributed by atoms with Crippen LogP contribution in [0.25, 0.3) is 0 Å². The van der Waals surface area contributed by atoms with Crippen LogP contribution in [0.15, 0.2) is 53.1 Å². The van der Waals surface area contributed by atoms with E-state index in [9.17, 15) is 5.11 Å². The summed E-state index contributed by atoms with van der Waals surface area (Å²) in [7, 11) is 0. The Labute approximate surface area is 107 Å². The average molecular weight is 245 g/mol. The van der Waals surface area contributed by atoms with E-state index in [1.807, 2.05) is 37.3 Å². The minimum atomic E-state index is 0.0347. The van der Waals surface area contributed by atoms with Crippen LogP contribution in [0.3, 0.4) is 0 Å². The van der Waals surface area contributed by atoms with Crippen LogP contribution in [0.4, 0.5) is 0 Å². The topological polar surface area (TPSA) is 45.4 Å². The van der Waals surface area contributed by atoms with E-state index >= 15 is 0 Å². The standard InChI is InChI=1S/C15H19NO2/c1-12(15-8-5-9-18-15)16-14(11-17)10-13-6-3-2-4-7-13/h2-9,12,14,16-17H,10-11H2,1H3/t12?,14-/m1/s1. The van der Waals surface area contributed by atoms with Crippen LogP contribution in [0.1, 0.15) is 24.3 Å². The highest BCUT2D eigenvalue weighted by Gasteiger charge is 2.14. The second kappa shape index (κ2) is 6.38. The molecule has 18 heavy (non-hydrogen) atoms. The Hall–Kier alpha value is -1.58. The molecule has 0 bridgehead atoms. The summed E-state index contributed by atoms with van der Waals surface area (Å²) in [6, 6.07) is 14.1. The third-order valence-electron chi connectivity index (χ3n) is 3.00. The molecular formula is C15H19NO2. The molecule has 0 fully saturated rings. The van der Waals surface area contributed by atoms with Crippen molar-refractivity contribution in [2.75, 3.05) is 6.61 Å². The third kappa shape index (κ3) is 3.45. The molecular weight excluding hydrogens is 226 g/mol. The van der Waals surface area contributed by atoms with Crippen molar-refractivity contribution in [1.82, 2.24) is 5.32 Å². The number of hydrogen-bond donors (Lipinski definition) is 2. The molecule has 0 aliphatic heterocycles. The number of aliphatic hydroxyl groups is 1. The Morgan fingerprint density at radius 2 is 1.94 bits per heavy atom. The second-order valence-electron chi connectivity index (χ2n) is 4.47. The maximum atomic E-state index is 9.44. The summed E-state index contributed by atoms with van der Waals surface area (Å²) >= 11 is 0. The van der Waals surface area contributed by atoms with Gasteiger partial charge in [-0.25, -0.2) is 0 Å². The normalized spacial score (nSPS) is 14.3. The monoisotopic (exact) mass is 245 g/mol. The Morgan fingerprint density at radius 3 is 2.56 bits per heavy atom. The lowest BCUT2D eigenvalue weighted by Gasteiger charge is -2.20. The van der Waals surface area contributed by atoms with Crippen LogP contribution in [0.2, 0.25) is 0 Å². The summed E-state index contributed by atoms with van der Waals surface area (Å²) in [6.45, 7) is 2.15. The van der Waals surface area contributed by atoms with E-state index in [-0.39, 0.29) is 18.7 Å². The van der Waals surface area contributed by atoms with Gasteiger partial charge in [0.05, 0.1) is 18.9 Å². The summed E-state index contributed by atoms with van der Waals surface area (Å²) in [6.07, 6.45) is 2.47. The largest absolute Gasteiger partial charge is 0.468 e. The first-order valence-corrected chi connectivity index (χ1v) is 6.24. The Kier molecular flexibility index (Phi) is 4.56. The SMILES string of the molecule is CC(N[C@@H](CO)Cc1ccccc1)c1ccco1. The lowest BCUT2D eigenvalue weighted by atomic mass is 10.1. The maximum absolute atomic E-state index is 9.44. The zero-order valence-electron chi connectivity index (χ0n) is 10.5. The van der Waals surface area contributed by atoms with Crippen molar-refractivity contribution in [1.29, 1.82) is 0 Å². The highest BCUT2D eigenvalue weighted by atomic mass is 16.3.